The lowest BCUT2D eigenvalue weighted by Crippen LogP contribution is -2.01. The number of hydrogen-bond acceptors (Lipinski definition) is 5. The summed E-state index contributed by atoms with van der Waals surface area (Å²) in [5, 5.41) is 2.93. The van der Waals surface area contributed by atoms with E-state index in [0.717, 1.165) is 10.0 Å². The van der Waals surface area contributed by atoms with Gasteiger partial charge < -0.3 is 14.8 Å². The second-order valence-corrected chi connectivity index (χ2v) is 4.68. The Morgan fingerprint density at radius 3 is 2.68 bits per heavy atom. The number of rotatable bonds is 4. The minimum Gasteiger partial charge on any atom is -0.489 e. The van der Waals surface area contributed by atoms with E-state index in [-0.39, 0.29) is 0 Å². The SMILES string of the molecule is CNc1ncnc(Oc2ccc(Br)c(C)c2)c1OC. The van der Waals surface area contributed by atoms with E-state index in [0.29, 0.717) is 23.2 Å². The Kier molecular flexibility index (Phi) is 4.21. The van der Waals surface area contributed by atoms with Crippen molar-refractivity contribution in [3.8, 4) is 17.4 Å². The van der Waals surface area contributed by atoms with Crippen LogP contribution in [0.4, 0.5) is 5.82 Å². The maximum Gasteiger partial charge on any atom is 0.268 e. The van der Waals surface area contributed by atoms with Gasteiger partial charge in [-0.05, 0) is 30.7 Å². The molecule has 0 amide bonds. The van der Waals surface area contributed by atoms with Gasteiger partial charge in [-0.15, -0.1) is 0 Å². The fourth-order valence-corrected chi connectivity index (χ4v) is 1.83. The standard InChI is InChI=1S/C13H14BrN3O2/c1-8-6-9(4-5-10(8)14)19-13-11(18-3)12(15-2)16-7-17-13/h4-7H,1-3H3,(H,15,16,17). The summed E-state index contributed by atoms with van der Waals surface area (Å²) < 4.78 is 12.0. The van der Waals surface area contributed by atoms with Crippen molar-refractivity contribution in [1.29, 1.82) is 0 Å². The van der Waals surface area contributed by atoms with Crippen LogP contribution in [0.15, 0.2) is 29.0 Å². The molecular weight excluding hydrogens is 310 g/mol. The highest BCUT2D eigenvalue weighted by Crippen LogP contribution is 2.34. The molecule has 0 bridgehead atoms. The molecule has 0 aliphatic heterocycles. The van der Waals surface area contributed by atoms with E-state index in [1.54, 1.807) is 14.2 Å². The van der Waals surface area contributed by atoms with Crippen LogP contribution in [-0.2, 0) is 0 Å². The maximum atomic E-state index is 5.74. The van der Waals surface area contributed by atoms with Crippen LogP contribution >= 0.6 is 15.9 Å². The molecule has 5 nitrogen and oxygen atoms in total. The van der Waals surface area contributed by atoms with Crippen molar-refractivity contribution in [3.05, 3.63) is 34.6 Å². The zero-order valence-electron chi connectivity index (χ0n) is 10.9. The van der Waals surface area contributed by atoms with E-state index in [1.165, 1.54) is 6.33 Å². The van der Waals surface area contributed by atoms with Crippen LogP contribution in [0.5, 0.6) is 17.4 Å². The van der Waals surface area contributed by atoms with Gasteiger partial charge in [0.05, 0.1) is 7.11 Å². The number of ether oxygens (including phenoxy) is 2. The average Bonchev–Trinajstić information content (AvgIpc) is 2.42. The van der Waals surface area contributed by atoms with Gasteiger partial charge in [0.15, 0.2) is 5.82 Å². The molecule has 1 N–H and O–H groups in total. The third kappa shape index (κ3) is 2.96. The summed E-state index contributed by atoms with van der Waals surface area (Å²) in [5.74, 6) is 2.13. The number of aromatic nitrogens is 2. The lowest BCUT2D eigenvalue weighted by molar-refractivity contribution is 0.369. The molecule has 1 aromatic heterocycles. The number of nitrogens with zero attached hydrogens (tertiary/aromatic N) is 2. The quantitative estimate of drug-likeness (QED) is 0.934. The normalized spacial score (nSPS) is 10.1. The van der Waals surface area contributed by atoms with Gasteiger partial charge in [0, 0.05) is 11.5 Å². The average molecular weight is 324 g/mol. The van der Waals surface area contributed by atoms with E-state index in [4.69, 9.17) is 9.47 Å². The molecule has 0 aliphatic rings. The predicted octanol–water partition coefficient (Wildman–Crippen LogP) is 3.39. The van der Waals surface area contributed by atoms with Gasteiger partial charge >= 0.3 is 0 Å². The molecular formula is C13H14BrN3O2. The Morgan fingerprint density at radius 2 is 2.05 bits per heavy atom. The zero-order chi connectivity index (χ0) is 13.8. The molecule has 19 heavy (non-hydrogen) atoms. The van der Waals surface area contributed by atoms with Gasteiger partial charge in [0.25, 0.3) is 5.88 Å². The summed E-state index contributed by atoms with van der Waals surface area (Å²) in [6.45, 7) is 1.99. The number of nitrogens with one attached hydrogen (secondary N) is 1. The number of methoxy groups -OCH3 is 1. The van der Waals surface area contributed by atoms with Crippen molar-refractivity contribution < 1.29 is 9.47 Å². The van der Waals surface area contributed by atoms with Crippen molar-refractivity contribution in [1.82, 2.24) is 9.97 Å². The summed E-state index contributed by atoms with van der Waals surface area (Å²) in [6.07, 6.45) is 1.43. The van der Waals surface area contributed by atoms with E-state index < -0.39 is 0 Å². The number of benzene rings is 1. The van der Waals surface area contributed by atoms with Gasteiger partial charge in [0.2, 0.25) is 5.75 Å². The van der Waals surface area contributed by atoms with Gasteiger partial charge in [-0.2, -0.15) is 4.98 Å². The molecule has 0 spiro atoms. The lowest BCUT2D eigenvalue weighted by atomic mass is 10.2. The van der Waals surface area contributed by atoms with Gasteiger partial charge in [0.1, 0.15) is 12.1 Å². The molecule has 1 heterocycles. The van der Waals surface area contributed by atoms with E-state index >= 15 is 0 Å². The van der Waals surface area contributed by atoms with Crippen molar-refractivity contribution >= 4 is 21.7 Å². The van der Waals surface area contributed by atoms with Crippen LogP contribution in [0, 0.1) is 6.92 Å². The number of anilines is 1. The third-order valence-electron chi connectivity index (χ3n) is 2.56. The van der Waals surface area contributed by atoms with E-state index in [9.17, 15) is 0 Å². The number of aryl methyl sites for hydroxylation is 1. The minimum atomic E-state index is 0.378. The fraction of sp³-hybridized carbons (Fsp3) is 0.231. The number of halogens is 1. The smallest absolute Gasteiger partial charge is 0.268 e. The third-order valence-corrected chi connectivity index (χ3v) is 3.45. The molecule has 6 heteroatoms. The monoisotopic (exact) mass is 323 g/mol. The zero-order valence-corrected chi connectivity index (χ0v) is 12.5. The Balaban J connectivity index is 2.35. The van der Waals surface area contributed by atoms with Crippen molar-refractivity contribution in [2.45, 2.75) is 6.92 Å². The van der Waals surface area contributed by atoms with Crippen molar-refractivity contribution in [2.24, 2.45) is 0 Å². The van der Waals surface area contributed by atoms with Gasteiger partial charge in [-0.1, -0.05) is 15.9 Å². The Labute approximate surface area is 120 Å². The molecule has 0 unspecified atom stereocenters. The molecule has 0 saturated heterocycles. The van der Waals surface area contributed by atoms with Gasteiger partial charge in [-0.3, -0.25) is 0 Å². The molecule has 0 radical (unpaired) electrons. The molecule has 100 valence electrons. The first-order chi connectivity index (χ1) is 9.15. The van der Waals surface area contributed by atoms with Crippen LogP contribution in [0.25, 0.3) is 0 Å². The molecule has 0 aliphatic carbocycles. The molecule has 2 rings (SSSR count). The van der Waals surface area contributed by atoms with E-state index in [1.807, 2.05) is 25.1 Å². The fourth-order valence-electron chi connectivity index (χ4n) is 1.58. The molecule has 0 saturated carbocycles. The molecule has 2 aromatic rings. The minimum absolute atomic E-state index is 0.378. The second kappa shape index (κ2) is 5.88. The summed E-state index contributed by atoms with van der Waals surface area (Å²) in [4.78, 5) is 8.16. The Bertz CT molecular complexity index is 590. The molecule has 0 fully saturated rings. The first kappa shape index (κ1) is 13.6. The Hall–Kier alpha value is -1.82. The van der Waals surface area contributed by atoms with Crippen LogP contribution in [0.1, 0.15) is 5.56 Å². The highest BCUT2D eigenvalue weighted by Gasteiger charge is 2.13. The lowest BCUT2D eigenvalue weighted by Gasteiger charge is -2.12. The van der Waals surface area contributed by atoms with Crippen molar-refractivity contribution in [3.63, 3.8) is 0 Å². The largest absolute Gasteiger partial charge is 0.489 e. The molecule has 0 atom stereocenters. The predicted molar refractivity (Wildman–Crippen MR) is 77.1 cm³/mol. The highest BCUT2D eigenvalue weighted by atomic mass is 79.9. The first-order valence-corrected chi connectivity index (χ1v) is 6.45. The molecule has 1 aromatic carbocycles. The summed E-state index contributed by atoms with van der Waals surface area (Å²) in [5.41, 5.74) is 1.08. The summed E-state index contributed by atoms with van der Waals surface area (Å²) >= 11 is 3.45. The summed E-state index contributed by atoms with van der Waals surface area (Å²) in [7, 11) is 3.32. The van der Waals surface area contributed by atoms with Crippen LogP contribution in [0.2, 0.25) is 0 Å². The topological polar surface area (TPSA) is 56.3 Å². The van der Waals surface area contributed by atoms with Crippen molar-refractivity contribution in [2.75, 3.05) is 19.5 Å². The van der Waals surface area contributed by atoms with Crippen LogP contribution in [-0.4, -0.2) is 24.1 Å². The maximum absolute atomic E-state index is 5.74. The van der Waals surface area contributed by atoms with Crippen LogP contribution < -0.4 is 14.8 Å². The van der Waals surface area contributed by atoms with Gasteiger partial charge in [-0.25, -0.2) is 4.98 Å². The Morgan fingerprint density at radius 1 is 1.26 bits per heavy atom. The van der Waals surface area contributed by atoms with Crippen LogP contribution in [0.3, 0.4) is 0 Å². The number of hydrogen-bond donors (Lipinski definition) is 1. The summed E-state index contributed by atoms with van der Waals surface area (Å²) in [6, 6.07) is 5.71. The highest BCUT2D eigenvalue weighted by molar-refractivity contribution is 9.10. The van der Waals surface area contributed by atoms with E-state index in [2.05, 4.69) is 31.2 Å². The second-order valence-electron chi connectivity index (χ2n) is 3.82. The first-order valence-electron chi connectivity index (χ1n) is 5.66.